The molecule has 0 spiro atoms. The van der Waals surface area contributed by atoms with Gasteiger partial charge in [0.05, 0.1) is 5.25 Å². The summed E-state index contributed by atoms with van der Waals surface area (Å²) in [5.74, 6) is 0. The maximum Gasteiger partial charge on any atom is 0.214 e. The lowest BCUT2D eigenvalue weighted by molar-refractivity contribution is 0.580. The van der Waals surface area contributed by atoms with Gasteiger partial charge in [-0.25, -0.2) is 13.1 Å². The van der Waals surface area contributed by atoms with E-state index in [2.05, 4.69) is 4.72 Å². The molecule has 0 unspecified atom stereocenters. The predicted octanol–water partition coefficient (Wildman–Crippen LogP) is 1.50. The number of nitrogens with two attached hydrogens (primary N) is 1. The summed E-state index contributed by atoms with van der Waals surface area (Å²) in [4.78, 5) is 0. The van der Waals surface area contributed by atoms with E-state index in [9.17, 15) is 8.42 Å². The van der Waals surface area contributed by atoms with Crippen LogP contribution in [0.4, 0.5) is 5.69 Å². The van der Waals surface area contributed by atoms with Crippen LogP contribution in [0.5, 0.6) is 0 Å². The molecule has 0 aliphatic heterocycles. The Balaban J connectivity index is 2.07. The second kappa shape index (κ2) is 4.24. The van der Waals surface area contributed by atoms with Crippen molar-refractivity contribution in [2.75, 3.05) is 5.73 Å². The van der Waals surface area contributed by atoms with Crippen LogP contribution in [0.1, 0.15) is 18.4 Å². The topological polar surface area (TPSA) is 72.2 Å². The van der Waals surface area contributed by atoms with Crippen LogP contribution < -0.4 is 10.5 Å². The van der Waals surface area contributed by atoms with Crippen molar-refractivity contribution in [1.29, 1.82) is 0 Å². The Hall–Kier alpha value is -0.780. The molecule has 88 valence electrons. The molecule has 16 heavy (non-hydrogen) atoms. The fraction of sp³-hybridized carbons (Fsp3) is 0.400. The fourth-order valence-electron chi connectivity index (χ4n) is 1.40. The van der Waals surface area contributed by atoms with Crippen LogP contribution in [0.25, 0.3) is 0 Å². The quantitative estimate of drug-likeness (QED) is 0.806. The molecule has 2 rings (SSSR count). The van der Waals surface area contributed by atoms with E-state index in [4.69, 9.17) is 17.3 Å². The molecule has 3 N–H and O–H groups in total. The molecule has 0 saturated heterocycles. The smallest absolute Gasteiger partial charge is 0.214 e. The molecule has 1 aliphatic carbocycles. The third-order valence-electron chi connectivity index (χ3n) is 2.53. The third kappa shape index (κ3) is 2.66. The van der Waals surface area contributed by atoms with Gasteiger partial charge >= 0.3 is 0 Å². The van der Waals surface area contributed by atoms with E-state index in [1.807, 2.05) is 0 Å². The Morgan fingerprint density at radius 3 is 2.75 bits per heavy atom. The highest BCUT2D eigenvalue weighted by Gasteiger charge is 2.35. The molecular weight excluding hydrogens is 248 g/mol. The zero-order valence-electron chi connectivity index (χ0n) is 8.61. The summed E-state index contributed by atoms with van der Waals surface area (Å²) in [5.41, 5.74) is 6.97. The van der Waals surface area contributed by atoms with E-state index in [0.717, 1.165) is 12.8 Å². The number of hydrogen-bond donors (Lipinski definition) is 2. The Kier molecular flexibility index (Phi) is 3.10. The summed E-state index contributed by atoms with van der Waals surface area (Å²) in [6.45, 7) is 0.200. The van der Waals surface area contributed by atoms with Crippen molar-refractivity contribution < 1.29 is 8.42 Å². The average Bonchev–Trinajstić information content (AvgIpc) is 3.03. The van der Waals surface area contributed by atoms with Crippen LogP contribution in [-0.4, -0.2) is 13.7 Å². The lowest BCUT2D eigenvalue weighted by atomic mass is 10.2. The van der Waals surface area contributed by atoms with Crippen molar-refractivity contribution in [3.8, 4) is 0 Å². The van der Waals surface area contributed by atoms with E-state index in [1.165, 1.54) is 0 Å². The molecule has 1 saturated carbocycles. The maximum absolute atomic E-state index is 11.6. The van der Waals surface area contributed by atoms with Crippen LogP contribution in [0.3, 0.4) is 0 Å². The lowest BCUT2D eigenvalue weighted by Crippen LogP contribution is -2.27. The van der Waals surface area contributed by atoms with Gasteiger partial charge in [-0.3, -0.25) is 0 Å². The van der Waals surface area contributed by atoms with Crippen LogP contribution in [-0.2, 0) is 16.6 Å². The molecule has 0 radical (unpaired) electrons. The molecular formula is C10H13ClN2O2S. The summed E-state index contributed by atoms with van der Waals surface area (Å²) < 4.78 is 25.7. The van der Waals surface area contributed by atoms with Gasteiger partial charge in [0, 0.05) is 17.3 Å². The second-order valence-corrected chi connectivity index (χ2v) is 6.39. The normalized spacial score (nSPS) is 16.3. The van der Waals surface area contributed by atoms with Crippen molar-refractivity contribution in [2.45, 2.75) is 24.6 Å². The highest BCUT2D eigenvalue weighted by molar-refractivity contribution is 7.90. The van der Waals surface area contributed by atoms with Gasteiger partial charge in [-0.15, -0.1) is 0 Å². The molecule has 1 aromatic rings. The Morgan fingerprint density at radius 1 is 1.44 bits per heavy atom. The van der Waals surface area contributed by atoms with Crippen molar-refractivity contribution in [2.24, 2.45) is 0 Å². The monoisotopic (exact) mass is 260 g/mol. The number of halogens is 1. The molecule has 6 heteroatoms. The van der Waals surface area contributed by atoms with Gasteiger partial charge in [0.1, 0.15) is 0 Å². The van der Waals surface area contributed by atoms with Gasteiger partial charge in [0.25, 0.3) is 0 Å². The molecule has 0 aromatic heterocycles. The fourth-order valence-corrected chi connectivity index (χ4v) is 2.95. The highest BCUT2D eigenvalue weighted by Crippen LogP contribution is 2.28. The molecule has 1 aliphatic rings. The van der Waals surface area contributed by atoms with Crippen molar-refractivity contribution in [3.05, 3.63) is 28.8 Å². The van der Waals surface area contributed by atoms with E-state index in [1.54, 1.807) is 18.2 Å². The van der Waals surface area contributed by atoms with Gasteiger partial charge < -0.3 is 5.73 Å². The Morgan fingerprint density at radius 2 is 2.12 bits per heavy atom. The van der Waals surface area contributed by atoms with Gasteiger partial charge in [-0.2, -0.15) is 0 Å². The van der Waals surface area contributed by atoms with Crippen molar-refractivity contribution >= 4 is 27.3 Å². The number of hydrogen-bond acceptors (Lipinski definition) is 3. The van der Waals surface area contributed by atoms with E-state index in [0.29, 0.717) is 16.3 Å². The molecule has 1 fully saturated rings. The number of nitrogens with one attached hydrogen (secondary N) is 1. The summed E-state index contributed by atoms with van der Waals surface area (Å²) in [6, 6.07) is 5.02. The first-order chi connectivity index (χ1) is 7.49. The summed E-state index contributed by atoms with van der Waals surface area (Å²) in [7, 11) is -3.16. The van der Waals surface area contributed by atoms with Gasteiger partial charge in [-0.05, 0) is 36.6 Å². The molecule has 0 bridgehead atoms. The van der Waals surface area contributed by atoms with Gasteiger partial charge in [-0.1, -0.05) is 11.6 Å². The summed E-state index contributed by atoms with van der Waals surface area (Å²) in [6.07, 6.45) is 1.50. The Labute approximate surface area is 99.8 Å². The molecule has 4 nitrogen and oxygen atoms in total. The first-order valence-electron chi connectivity index (χ1n) is 5.01. The van der Waals surface area contributed by atoms with Crippen LogP contribution in [0, 0.1) is 0 Å². The number of benzene rings is 1. The van der Waals surface area contributed by atoms with Crippen molar-refractivity contribution in [1.82, 2.24) is 4.72 Å². The Bertz CT molecular complexity index is 498. The third-order valence-corrected chi connectivity index (χ3v) is 4.66. The van der Waals surface area contributed by atoms with Crippen LogP contribution in [0.15, 0.2) is 18.2 Å². The molecule has 0 amide bonds. The molecule has 0 atom stereocenters. The van der Waals surface area contributed by atoms with E-state index >= 15 is 0 Å². The van der Waals surface area contributed by atoms with Crippen LogP contribution >= 0.6 is 11.6 Å². The molecule has 1 aromatic carbocycles. The SMILES string of the molecule is Nc1ccc(Cl)cc1CNS(=O)(=O)C1CC1. The minimum Gasteiger partial charge on any atom is -0.398 e. The van der Waals surface area contributed by atoms with Crippen molar-refractivity contribution in [3.63, 3.8) is 0 Å². The average molecular weight is 261 g/mol. The summed E-state index contributed by atoms with van der Waals surface area (Å²) in [5, 5.41) is 0.336. The minimum atomic E-state index is -3.16. The molecule has 0 heterocycles. The number of nitrogen functional groups attached to an aromatic ring is 1. The number of anilines is 1. The highest BCUT2D eigenvalue weighted by atomic mass is 35.5. The minimum absolute atomic E-state index is 0.200. The van der Waals surface area contributed by atoms with Gasteiger partial charge in [0.2, 0.25) is 10.0 Å². The van der Waals surface area contributed by atoms with E-state index in [-0.39, 0.29) is 11.8 Å². The standard InChI is InChI=1S/C10H13ClN2O2S/c11-8-1-4-10(12)7(5-8)6-13-16(14,15)9-2-3-9/h1,4-5,9,13H,2-3,6,12H2. The number of sulfonamides is 1. The zero-order chi connectivity index (χ0) is 11.8. The lowest BCUT2D eigenvalue weighted by Gasteiger charge is -2.08. The first kappa shape index (κ1) is 11.7. The predicted molar refractivity (Wildman–Crippen MR) is 64.6 cm³/mol. The largest absolute Gasteiger partial charge is 0.398 e. The van der Waals surface area contributed by atoms with Gasteiger partial charge in [0.15, 0.2) is 0 Å². The zero-order valence-corrected chi connectivity index (χ0v) is 10.2. The number of rotatable bonds is 4. The van der Waals surface area contributed by atoms with Crippen LogP contribution in [0.2, 0.25) is 5.02 Å². The maximum atomic E-state index is 11.6. The van der Waals surface area contributed by atoms with E-state index < -0.39 is 10.0 Å². The second-order valence-electron chi connectivity index (χ2n) is 3.91. The summed E-state index contributed by atoms with van der Waals surface area (Å²) >= 11 is 5.81. The first-order valence-corrected chi connectivity index (χ1v) is 6.94.